The number of para-hydroxylation sites is 1. The van der Waals surface area contributed by atoms with E-state index in [1.807, 2.05) is 45.9 Å². The summed E-state index contributed by atoms with van der Waals surface area (Å²) in [6.45, 7) is 8.05. The standard InChI is InChI=1S/C28H25NO5/c1-16(2)20-7-5-8-21(17(3)4)25(20)29-26(31)22-9-6-10-23(24(22)27(29)32)28(33)34-19-13-11-18(15-30)12-14-19/h5-17H,1-4H3. The molecule has 1 heterocycles. The van der Waals surface area contributed by atoms with Crippen LogP contribution >= 0.6 is 0 Å². The minimum absolute atomic E-state index is 0.0194. The Morgan fingerprint density at radius 3 is 1.97 bits per heavy atom. The third-order valence-corrected chi connectivity index (χ3v) is 5.93. The quantitative estimate of drug-likeness (QED) is 0.204. The Kier molecular flexibility index (Phi) is 6.16. The number of amides is 2. The highest BCUT2D eigenvalue weighted by atomic mass is 16.5. The summed E-state index contributed by atoms with van der Waals surface area (Å²) >= 11 is 0. The topological polar surface area (TPSA) is 80.8 Å². The lowest BCUT2D eigenvalue weighted by Gasteiger charge is -2.25. The van der Waals surface area contributed by atoms with Crippen LogP contribution in [-0.4, -0.2) is 24.1 Å². The van der Waals surface area contributed by atoms with Gasteiger partial charge in [-0.3, -0.25) is 14.4 Å². The van der Waals surface area contributed by atoms with Crippen LogP contribution in [0.3, 0.4) is 0 Å². The first-order valence-electron chi connectivity index (χ1n) is 11.2. The molecule has 3 aromatic rings. The maximum atomic E-state index is 13.7. The highest BCUT2D eigenvalue weighted by molar-refractivity contribution is 6.36. The molecule has 0 atom stereocenters. The molecule has 0 radical (unpaired) electrons. The number of hydrogen-bond donors (Lipinski definition) is 0. The second kappa shape index (κ2) is 9.06. The Bertz CT molecular complexity index is 1280. The van der Waals surface area contributed by atoms with Crippen LogP contribution in [0.5, 0.6) is 5.75 Å². The zero-order valence-corrected chi connectivity index (χ0v) is 19.5. The Morgan fingerprint density at radius 1 is 0.824 bits per heavy atom. The van der Waals surface area contributed by atoms with Gasteiger partial charge in [0.15, 0.2) is 0 Å². The SMILES string of the molecule is CC(C)c1cccc(C(C)C)c1N1C(=O)c2cccc(C(=O)Oc3ccc(C=O)cc3)c2C1=O. The zero-order valence-electron chi connectivity index (χ0n) is 19.5. The summed E-state index contributed by atoms with van der Waals surface area (Å²) in [5, 5.41) is 0. The van der Waals surface area contributed by atoms with Crippen molar-refractivity contribution >= 4 is 29.8 Å². The number of esters is 1. The number of fused-ring (bicyclic) bond motifs is 1. The Labute approximate surface area is 198 Å². The molecular formula is C28H25NO5. The fraction of sp³-hybridized carbons (Fsp3) is 0.214. The molecule has 0 aliphatic carbocycles. The van der Waals surface area contributed by atoms with Gasteiger partial charge < -0.3 is 4.74 Å². The molecule has 172 valence electrons. The minimum Gasteiger partial charge on any atom is -0.423 e. The molecule has 0 spiro atoms. The molecule has 1 aliphatic rings. The van der Waals surface area contributed by atoms with Gasteiger partial charge in [0.2, 0.25) is 0 Å². The van der Waals surface area contributed by atoms with Crippen LogP contribution < -0.4 is 9.64 Å². The molecular weight excluding hydrogens is 430 g/mol. The predicted molar refractivity (Wildman–Crippen MR) is 129 cm³/mol. The van der Waals surface area contributed by atoms with Gasteiger partial charge in [-0.05, 0) is 59.4 Å². The number of nitrogens with zero attached hydrogens (tertiary/aromatic N) is 1. The smallest absolute Gasteiger partial charge is 0.344 e. The second-order valence-corrected chi connectivity index (χ2v) is 8.84. The van der Waals surface area contributed by atoms with Crippen LogP contribution in [0.1, 0.15) is 92.1 Å². The minimum atomic E-state index is -0.750. The van der Waals surface area contributed by atoms with E-state index in [9.17, 15) is 19.2 Å². The summed E-state index contributed by atoms with van der Waals surface area (Å²) in [6.07, 6.45) is 0.689. The predicted octanol–water partition coefficient (Wildman–Crippen LogP) is 5.77. The average molecular weight is 456 g/mol. The fourth-order valence-corrected chi connectivity index (χ4v) is 4.21. The van der Waals surface area contributed by atoms with Crippen molar-refractivity contribution in [3.8, 4) is 5.75 Å². The molecule has 0 aromatic heterocycles. The summed E-state index contributed by atoms with van der Waals surface area (Å²) in [5.74, 6) is -1.36. The van der Waals surface area contributed by atoms with Gasteiger partial charge in [-0.15, -0.1) is 0 Å². The van der Waals surface area contributed by atoms with E-state index >= 15 is 0 Å². The van der Waals surface area contributed by atoms with E-state index in [1.165, 1.54) is 35.2 Å². The highest BCUT2D eigenvalue weighted by Gasteiger charge is 2.42. The molecule has 0 saturated carbocycles. The lowest BCUT2D eigenvalue weighted by Crippen LogP contribution is -2.32. The lowest BCUT2D eigenvalue weighted by atomic mass is 9.92. The molecule has 0 bridgehead atoms. The van der Waals surface area contributed by atoms with E-state index in [4.69, 9.17) is 4.74 Å². The van der Waals surface area contributed by atoms with Gasteiger partial charge in [-0.25, -0.2) is 9.69 Å². The van der Waals surface area contributed by atoms with Gasteiger partial charge in [-0.2, -0.15) is 0 Å². The molecule has 34 heavy (non-hydrogen) atoms. The van der Waals surface area contributed by atoms with Crippen LogP contribution in [0, 0.1) is 0 Å². The van der Waals surface area contributed by atoms with Gasteiger partial charge in [0.1, 0.15) is 12.0 Å². The molecule has 0 N–H and O–H groups in total. The van der Waals surface area contributed by atoms with Crippen LogP contribution in [0.4, 0.5) is 5.69 Å². The molecule has 1 aliphatic heterocycles. The van der Waals surface area contributed by atoms with Gasteiger partial charge in [0.25, 0.3) is 11.8 Å². The maximum absolute atomic E-state index is 13.7. The van der Waals surface area contributed by atoms with Crippen molar-refractivity contribution in [2.75, 3.05) is 4.90 Å². The third-order valence-electron chi connectivity index (χ3n) is 5.93. The van der Waals surface area contributed by atoms with Crippen molar-refractivity contribution in [3.63, 3.8) is 0 Å². The first-order chi connectivity index (χ1) is 16.2. The molecule has 6 heteroatoms. The Balaban J connectivity index is 1.77. The zero-order chi connectivity index (χ0) is 24.6. The Morgan fingerprint density at radius 2 is 1.41 bits per heavy atom. The normalized spacial score (nSPS) is 12.9. The maximum Gasteiger partial charge on any atom is 0.344 e. The number of anilines is 1. The number of carbonyl (C=O) groups is 4. The van der Waals surface area contributed by atoms with E-state index in [0.29, 0.717) is 17.5 Å². The second-order valence-electron chi connectivity index (χ2n) is 8.84. The molecule has 4 rings (SSSR count). The Hall–Kier alpha value is -4.06. The van der Waals surface area contributed by atoms with Gasteiger partial charge >= 0.3 is 5.97 Å². The van der Waals surface area contributed by atoms with E-state index < -0.39 is 17.8 Å². The van der Waals surface area contributed by atoms with Crippen molar-refractivity contribution in [3.05, 3.63) is 94.0 Å². The highest BCUT2D eigenvalue weighted by Crippen LogP contribution is 2.40. The fourth-order valence-electron chi connectivity index (χ4n) is 4.21. The summed E-state index contributed by atoms with van der Waals surface area (Å²) in [4.78, 5) is 52.2. The molecule has 0 saturated heterocycles. The van der Waals surface area contributed by atoms with E-state index in [0.717, 1.165) is 11.1 Å². The summed E-state index contributed by atoms with van der Waals surface area (Å²) in [6, 6.07) is 16.4. The first-order valence-corrected chi connectivity index (χ1v) is 11.2. The van der Waals surface area contributed by atoms with E-state index in [1.54, 1.807) is 12.1 Å². The number of aldehydes is 1. The number of imide groups is 1. The molecule has 0 unspecified atom stereocenters. The average Bonchev–Trinajstić information content (AvgIpc) is 3.08. The molecule has 6 nitrogen and oxygen atoms in total. The van der Waals surface area contributed by atoms with Crippen molar-refractivity contribution in [2.45, 2.75) is 39.5 Å². The summed E-state index contributed by atoms with van der Waals surface area (Å²) in [5.41, 5.74) is 3.04. The number of ether oxygens (including phenoxy) is 1. The third kappa shape index (κ3) is 3.92. The van der Waals surface area contributed by atoms with Gasteiger partial charge in [0, 0.05) is 5.56 Å². The van der Waals surface area contributed by atoms with Gasteiger partial charge in [0.05, 0.1) is 22.4 Å². The van der Waals surface area contributed by atoms with Crippen LogP contribution in [0.2, 0.25) is 0 Å². The van der Waals surface area contributed by atoms with Crippen molar-refractivity contribution in [2.24, 2.45) is 0 Å². The lowest BCUT2D eigenvalue weighted by molar-refractivity contribution is 0.0729. The summed E-state index contributed by atoms with van der Waals surface area (Å²) in [7, 11) is 0. The monoisotopic (exact) mass is 455 g/mol. The van der Waals surface area contributed by atoms with Crippen molar-refractivity contribution in [1.82, 2.24) is 0 Å². The van der Waals surface area contributed by atoms with Crippen LogP contribution in [-0.2, 0) is 0 Å². The van der Waals surface area contributed by atoms with Crippen molar-refractivity contribution < 1.29 is 23.9 Å². The molecule has 2 amide bonds. The summed E-state index contributed by atoms with van der Waals surface area (Å²) < 4.78 is 5.44. The van der Waals surface area contributed by atoms with E-state index in [-0.39, 0.29) is 34.3 Å². The number of carbonyl (C=O) groups excluding carboxylic acids is 4. The number of hydrogen-bond acceptors (Lipinski definition) is 5. The number of rotatable bonds is 6. The van der Waals surface area contributed by atoms with E-state index in [2.05, 4.69) is 0 Å². The van der Waals surface area contributed by atoms with Crippen molar-refractivity contribution in [1.29, 1.82) is 0 Å². The largest absolute Gasteiger partial charge is 0.423 e. The first kappa shape index (κ1) is 23.1. The molecule has 3 aromatic carbocycles. The van der Waals surface area contributed by atoms with Crippen LogP contribution in [0.15, 0.2) is 60.7 Å². The van der Waals surface area contributed by atoms with Crippen LogP contribution in [0.25, 0.3) is 0 Å². The molecule has 0 fully saturated rings. The van der Waals surface area contributed by atoms with Gasteiger partial charge in [-0.1, -0.05) is 52.0 Å². The number of benzene rings is 3.